The Kier molecular flexibility index (Phi) is 10.3. The van der Waals surface area contributed by atoms with E-state index in [4.69, 9.17) is 21.0 Å². The lowest BCUT2D eigenvalue weighted by atomic mass is 10.0. The van der Waals surface area contributed by atoms with Crippen molar-refractivity contribution in [2.45, 2.75) is 51.0 Å². The molecule has 0 aromatic heterocycles. The molecule has 0 spiro atoms. The molecule has 0 saturated carbocycles. The van der Waals surface area contributed by atoms with Gasteiger partial charge in [0.25, 0.3) is 5.97 Å². The lowest BCUT2D eigenvalue weighted by Gasteiger charge is -2.21. The summed E-state index contributed by atoms with van der Waals surface area (Å²) in [5, 5.41) is 17.8. The number of nitrogens with one attached hydrogen (secondary N) is 3. The first-order chi connectivity index (χ1) is 17.7. The molecule has 0 aliphatic carbocycles. The number of aryl methyl sites for hydroxylation is 1. The van der Waals surface area contributed by atoms with Gasteiger partial charge in [0.15, 0.2) is 0 Å². The van der Waals surface area contributed by atoms with Crippen molar-refractivity contribution in [3.63, 3.8) is 0 Å². The topological polar surface area (TPSA) is 162 Å². The van der Waals surface area contributed by atoms with E-state index in [1.165, 1.54) is 0 Å². The Balaban J connectivity index is 0.00000118. The number of carboxylic acids is 1. The van der Waals surface area contributed by atoms with E-state index in [1.807, 2.05) is 18.2 Å². The zero-order chi connectivity index (χ0) is 28.5. The normalized spacial score (nSPS) is 11.2. The zero-order valence-corrected chi connectivity index (χ0v) is 22.7. The molecule has 0 heterocycles. The Morgan fingerprint density at radius 3 is 2.16 bits per heavy atom. The number of carbonyl (C=O) groups is 2. The van der Waals surface area contributed by atoms with Crippen LogP contribution in [-0.4, -0.2) is 36.8 Å². The molecule has 1 amide bonds. The molecule has 0 atom stereocenters. The Labute approximate surface area is 223 Å². The lowest BCUT2D eigenvalue weighted by Crippen LogP contribution is -2.40. The highest BCUT2D eigenvalue weighted by molar-refractivity contribution is 7.89. The number of amidine groups is 1. The first-order valence-electron chi connectivity index (χ1n) is 11.8. The van der Waals surface area contributed by atoms with Gasteiger partial charge in [-0.05, 0) is 62.6 Å². The van der Waals surface area contributed by atoms with Gasteiger partial charge in [0, 0.05) is 35.7 Å². The predicted octanol–water partition coefficient (Wildman–Crippen LogP) is 4.38. The second-order valence-electron chi connectivity index (χ2n) is 9.61. The monoisotopic (exact) mass is 538 g/mol. The van der Waals surface area contributed by atoms with Crippen molar-refractivity contribution >= 4 is 33.4 Å². The van der Waals surface area contributed by atoms with Crippen molar-refractivity contribution in [2.75, 3.05) is 5.32 Å². The molecule has 0 bridgehead atoms. The number of anilines is 1. The fraction of sp³-hybridized carbons (Fsp3) is 0.250. The molecular formula is C28H34N4O5S. The number of benzene rings is 3. The maximum Gasteiger partial charge on any atom is 0.300 e. The number of aliphatic carboxylic acids is 1. The van der Waals surface area contributed by atoms with Crippen LogP contribution in [0.5, 0.6) is 0 Å². The van der Waals surface area contributed by atoms with Gasteiger partial charge in [0.1, 0.15) is 5.84 Å². The van der Waals surface area contributed by atoms with E-state index in [1.54, 1.807) is 75.4 Å². The average Bonchev–Trinajstić information content (AvgIpc) is 2.82. The SMILES string of the molecule is CC(=O)O.CC(C)(C)NS(=O)(=O)c1ccccc1-c1ccc(NC(=O)CCc2cccc(C(=N)N)c2)cc1. The summed E-state index contributed by atoms with van der Waals surface area (Å²) in [6.07, 6.45) is 0.805. The molecule has 202 valence electrons. The Morgan fingerprint density at radius 1 is 0.974 bits per heavy atom. The number of amides is 1. The Bertz CT molecular complexity index is 1390. The summed E-state index contributed by atoms with van der Waals surface area (Å²) in [4.78, 5) is 21.6. The molecular weight excluding hydrogens is 504 g/mol. The summed E-state index contributed by atoms with van der Waals surface area (Å²) in [7, 11) is -3.71. The van der Waals surface area contributed by atoms with E-state index in [0.29, 0.717) is 23.2 Å². The van der Waals surface area contributed by atoms with Crippen molar-refractivity contribution in [3.05, 3.63) is 83.9 Å². The first-order valence-corrected chi connectivity index (χ1v) is 13.3. The fourth-order valence-electron chi connectivity index (χ4n) is 3.51. The molecule has 10 heteroatoms. The summed E-state index contributed by atoms with van der Waals surface area (Å²) in [5.74, 6) is -0.978. The van der Waals surface area contributed by atoms with Gasteiger partial charge >= 0.3 is 0 Å². The van der Waals surface area contributed by atoms with Gasteiger partial charge in [-0.25, -0.2) is 13.1 Å². The quantitative estimate of drug-likeness (QED) is 0.211. The van der Waals surface area contributed by atoms with Crippen molar-refractivity contribution in [2.24, 2.45) is 5.73 Å². The first kappa shape index (κ1) is 30.2. The molecule has 6 N–H and O–H groups in total. The van der Waals surface area contributed by atoms with Crippen LogP contribution in [-0.2, 0) is 26.0 Å². The van der Waals surface area contributed by atoms with E-state index in [9.17, 15) is 13.2 Å². The van der Waals surface area contributed by atoms with Gasteiger partial charge in [-0.2, -0.15) is 0 Å². The van der Waals surface area contributed by atoms with Crippen LogP contribution in [0.15, 0.2) is 77.7 Å². The number of hydrogen-bond acceptors (Lipinski definition) is 5. The summed E-state index contributed by atoms with van der Waals surface area (Å²) in [6, 6.07) is 21.2. The standard InChI is InChI=1S/C26H30N4O3S.C2H4O2/c1-26(2,3)30-34(32,33)23-10-5-4-9-22(23)19-12-14-21(15-13-19)29-24(31)16-11-18-7-6-8-20(17-18)25(27)28;1-2(3)4/h4-10,12-15,17,30H,11,16H2,1-3H3,(H3,27,28)(H,29,31);1H3,(H,3,4). The van der Waals surface area contributed by atoms with E-state index in [-0.39, 0.29) is 23.1 Å². The average molecular weight is 539 g/mol. The molecule has 0 fully saturated rings. The van der Waals surface area contributed by atoms with Crippen LogP contribution in [0.4, 0.5) is 5.69 Å². The third kappa shape index (κ3) is 9.79. The van der Waals surface area contributed by atoms with Gasteiger partial charge < -0.3 is 16.2 Å². The highest BCUT2D eigenvalue weighted by atomic mass is 32.2. The highest BCUT2D eigenvalue weighted by Gasteiger charge is 2.24. The van der Waals surface area contributed by atoms with Crippen LogP contribution < -0.4 is 15.8 Å². The molecule has 0 aliphatic heterocycles. The van der Waals surface area contributed by atoms with E-state index in [2.05, 4.69) is 10.0 Å². The number of carbonyl (C=O) groups excluding carboxylic acids is 1. The number of carboxylic acid groups (broad SMARTS) is 1. The molecule has 3 rings (SSSR count). The number of nitrogens with two attached hydrogens (primary N) is 1. The van der Waals surface area contributed by atoms with Crippen molar-refractivity contribution in [1.82, 2.24) is 4.72 Å². The van der Waals surface area contributed by atoms with Crippen LogP contribution in [0.2, 0.25) is 0 Å². The number of rotatable bonds is 8. The molecule has 9 nitrogen and oxygen atoms in total. The highest BCUT2D eigenvalue weighted by Crippen LogP contribution is 2.29. The summed E-state index contributed by atoms with van der Waals surface area (Å²) in [5.41, 5.74) is 8.42. The van der Waals surface area contributed by atoms with Gasteiger partial charge in [-0.1, -0.05) is 48.5 Å². The van der Waals surface area contributed by atoms with Gasteiger partial charge in [-0.15, -0.1) is 0 Å². The van der Waals surface area contributed by atoms with Crippen LogP contribution >= 0.6 is 0 Å². The largest absolute Gasteiger partial charge is 0.481 e. The molecule has 0 saturated heterocycles. The summed E-state index contributed by atoms with van der Waals surface area (Å²) >= 11 is 0. The maximum atomic E-state index is 12.9. The van der Waals surface area contributed by atoms with Gasteiger partial charge in [0.2, 0.25) is 15.9 Å². The van der Waals surface area contributed by atoms with E-state index >= 15 is 0 Å². The summed E-state index contributed by atoms with van der Waals surface area (Å²) in [6.45, 7) is 6.47. The molecule has 3 aromatic rings. The smallest absolute Gasteiger partial charge is 0.300 e. The zero-order valence-electron chi connectivity index (χ0n) is 21.9. The number of sulfonamides is 1. The Hall–Kier alpha value is -4.02. The van der Waals surface area contributed by atoms with E-state index in [0.717, 1.165) is 18.1 Å². The second-order valence-corrected chi connectivity index (χ2v) is 11.3. The minimum Gasteiger partial charge on any atom is -0.481 e. The van der Waals surface area contributed by atoms with Crippen molar-refractivity contribution < 1.29 is 23.1 Å². The minimum atomic E-state index is -3.71. The lowest BCUT2D eigenvalue weighted by molar-refractivity contribution is -0.134. The summed E-state index contributed by atoms with van der Waals surface area (Å²) < 4.78 is 28.5. The van der Waals surface area contributed by atoms with E-state index < -0.39 is 21.5 Å². The molecule has 38 heavy (non-hydrogen) atoms. The Morgan fingerprint density at radius 2 is 1.58 bits per heavy atom. The number of nitrogen functional groups attached to an aromatic ring is 1. The van der Waals surface area contributed by atoms with Gasteiger partial charge in [-0.3, -0.25) is 15.0 Å². The molecule has 3 aromatic carbocycles. The molecule has 0 radical (unpaired) electrons. The number of hydrogen-bond donors (Lipinski definition) is 5. The van der Waals surface area contributed by atoms with Crippen molar-refractivity contribution in [1.29, 1.82) is 5.41 Å². The van der Waals surface area contributed by atoms with Gasteiger partial charge in [0.05, 0.1) is 4.90 Å². The third-order valence-electron chi connectivity index (χ3n) is 4.98. The minimum absolute atomic E-state index is 0.00467. The third-order valence-corrected chi connectivity index (χ3v) is 6.79. The van der Waals surface area contributed by atoms with Crippen molar-refractivity contribution in [3.8, 4) is 11.1 Å². The fourth-order valence-corrected chi connectivity index (χ4v) is 5.16. The van der Waals surface area contributed by atoms with Crippen LogP contribution in [0.3, 0.4) is 0 Å². The van der Waals surface area contributed by atoms with Crippen LogP contribution in [0.25, 0.3) is 11.1 Å². The molecule has 0 aliphatic rings. The predicted molar refractivity (Wildman–Crippen MR) is 150 cm³/mol. The van der Waals surface area contributed by atoms with Crippen LogP contribution in [0.1, 0.15) is 45.2 Å². The van der Waals surface area contributed by atoms with Crippen LogP contribution in [0, 0.1) is 5.41 Å². The molecule has 0 unspecified atom stereocenters. The second kappa shape index (κ2) is 13.0. The maximum absolute atomic E-state index is 12.9.